The van der Waals surface area contributed by atoms with E-state index < -0.39 is 5.41 Å². The summed E-state index contributed by atoms with van der Waals surface area (Å²) in [5.74, 6) is -0.223. The lowest BCUT2D eigenvalue weighted by Gasteiger charge is -2.40. The Hall–Kier alpha value is -2.24. The third-order valence-corrected chi connectivity index (χ3v) is 5.99. The van der Waals surface area contributed by atoms with Crippen molar-refractivity contribution in [1.29, 1.82) is 0 Å². The van der Waals surface area contributed by atoms with Gasteiger partial charge in [0.05, 0.1) is 18.6 Å². The number of benzene rings is 2. The van der Waals surface area contributed by atoms with Gasteiger partial charge in [-0.2, -0.15) is 0 Å². The number of nitrogens with one attached hydrogen (secondary N) is 1. The Balaban J connectivity index is 1.39. The summed E-state index contributed by atoms with van der Waals surface area (Å²) in [6, 6.07) is 14.8. The van der Waals surface area contributed by atoms with Crippen molar-refractivity contribution < 1.29 is 13.9 Å². The van der Waals surface area contributed by atoms with Crippen molar-refractivity contribution in [3.8, 4) is 0 Å². The molecule has 2 aromatic carbocycles. The van der Waals surface area contributed by atoms with E-state index in [0.717, 1.165) is 63.2 Å². The van der Waals surface area contributed by atoms with Crippen LogP contribution >= 0.6 is 0 Å². The highest BCUT2D eigenvalue weighted by molar-refractivity contribution is 5.89. The first-order chi connectivity index (χ1) is 13.7. The van der Waals surface area contributed by atoms with E-state index in [-0.39, 0.29) is 11.7 Å². The molecule has 0 unspecified atom stereocenters. The van der Waals surface area contributed by atoms with E-state index >= 15 is 0 Å². The van der Waals surface area contributed by atoms with Crippen LogP contribution in [-0.2, 0) is 28.0 Å². The summed E-state index contributed by atoms with van der Waals surface area (Å²) in [6.45, 7) is 4.92. The minimum absolute atomic E-state index is 0.0453. The molecule has 0 atom stereocenters. The second kappa shape index (κ2) is 8.41. The van der Waals surface area contributed by atoms with Crippen molar-refractivity contribution in [3.63, 3.8) is 0 Å². The van der Waals surface area contributed by atoms with Gasteiger partial charge >= 0.3 is 0 Å². The maximum atomic E-state index is 13.3. The van der Waals surface area contributed by atoms with Crippen LogP contribution in [-0.4, -0.2) is 37.1 Å². The molecule has 1 amide bonds. The first kappa shape index (κ1) is 19.1. The fourth-order valence-corrected chi connectivity index (χ4v) is 4.15. The normalized spacial score (nSPS) is 19.0. The van der Waals surface area contributed by atoms with Gasteiger partial charge in [0.15, 0.2) is 0 Å². The average molecular weight is 382 g/mol. The van der Waals surface area contributed by atoms with Gasteiger partial charge in [-0.15, -0.1) is 0 Å². The Bertz CT molecular complexity index is 812. The molecule has 4 rings (SSSR count). The number of amides is 1. The van der Waals surface area contributed by atoms with Crippen LogP contribution in [0, 0.1) is 5.82 Å². The number of rotatable bonds is 6. The van der Waals surface area contributed by atoms with Gasteiger partial charge in [0.25, 0.3) is 0 Å². The molecule has 0 spiro atoms. The van der Waals surface area contributed by atoms with Crippen molar-refractivity contribution in [2.24, 2.45) is 0 Å². The highest BCUT2D eigenvalue weighted by Gasteiger charge is 2.45. The van der Waals surface area contributed by atoms with E-state index in [2.05, 4.69) is 34.5 Å². The third kappa shape index (κ3) is 4.10. The molecule has 1 N–H and O–H groups in total. The van der Waals surface area contributed by atoms with Gasteiger partial charge in [0.1, 0.15) is 5.82 Å². The zero-order chi connectivity index (χ0) is 19.4. The monoisotopic (exact) mass is 382 g/mol. The van der Waals surface area contributed by atoms with Gasteiger partial charge in [-0.3, -0.25) is 9.69 Å². The van der Waals surface area contributed by atoms with Gasteiger partial charge in [0.2, 0.25) is 5.91 Å². The molecule has 1 heterocycles. The molecule has 1 saturated carbocycles. The summed E-state index contributed by atoms with van der Waals surface area (Å²) in [5, 5.41) is 3.12. The number of carbonyl (C=O) groups is 1. The van der Waals surface area contributed by atoms with E-state index in [1.807, 2.05) is 0 Å². The summed E-state index contributed by atoms with van der Waals surface area (Å²) in [7, 11) is 0. The molecule has 4 nitrogen and oxygen atoms in total. The average Bonchev–Trinajstić information content (AvgIpc) is 2.68. The lowest BCUT2D eigenvalue weighted by atomic mass is 9.64. The predicted octanol–water partition coefficient (Wildman–Crippen LogP) is 3.40. The number of halogens is 1. The van der Waals surface area contributed by atoms with Crippen LogP contribution in [0.1, 0.15) is 36.0 Å². The first-order valence-electron chi connectivity index (χ1n) is 10.1. The molecular weight excluding hydrogens is 355 g/mol. The molecule has 5 heteroatoms. The van der Waals surface area contributed by atoms with Crippen LogP contribution in [0.15, 0.2) is 48.5 Å². The fourth-order valence-electron chi connectivity index (χ4n) is 4.15. The molecule has 2 fully saturated rings. The lowest BCUT2D eigenvalue weighted by molar-refractivity contribution is -0.130. The van der Waals surface area contributed by atoms with Gasteiger partial charge in [-0.05, 0) is 41.7 Å². The Kier molecular flexibility index (Phi) is 5.74. The van der Waals surface area contributed by atoms with Crippen LogP contribution in [0.2, 0.25) is 0 Å². The van der Waals surface area contributed by atoms with Crippen LogP contribution in [0.3, 0.4) is 0 Å². The molecule has 1 aliphatic heterocycles. The van der Waals surface area contributed by atoms with Crippen molar-refractivity contribution in [3.05, 3.63) is 71.0 Å². The maximum Gasteiger partial charge on any atom is 0.230 e. The molecule has 28 heavy (non-hydrogen) atoms. The zero-order valence-electron chi connectivity index (χ0n) is 16.1. The largest absolute Gasteiger partial charge is 0.379 e. The number of morpholine rings is 1. The van der Waals surface area contributed by atoms with Crippen molar-refractivity contribution in [1.82, 2.24) is 10.2 Å². The van der Waals surface area contributed by atoms with Crippen LogP contribution in [0.25, 0.3) is 0 Å². The Morgan fingerprint density at radius 1 is 1.07 bits per heavy atom. The first-order valence-corrected chi connectivity index (χ1v) is 10.1. The Labute approximate surface area is 165 Å². The van der Waals surface area contributed by atoms with Gasteiger partial charge in [-0.1, -0.05) is 42.8 Å². The van der Waals surface area contributed by atoms with Gasteiger partial charge in [-0.25, -0.2) is 4.39 Å². The quantitative estimate of drug-likeness (QED) is 0.833. The predicted molar refractivity (Wildman–Crippen MR) is 106 cm³/mol. The minimum atomic E-state index is -0.501. The number of ether oxygens (including phenoxy) is 1. The van der Waals surface area contributed by atoms with Gasteiger partial charge in [0, 0.05) is 26.2 Å². The van der Waals surface area contributed by atoms with Crippen molar-refractivity contribution in [2.75, 3.05) is 26.3 Å². The number of nitrogens with zero attached hydrogens (tertiary/aromatic N) is 1. The molecular formula is C23H27FN2O2. The summed E-state index contributed by atoms with van der Waals surface area (Å²) in [5.41, 5.74) is 2.77. The smallest absolute Gasteiger partial charge is 0.230 e. The minimum Gasteiger partial charge on any atom is -0.379 e. The highest BCUT2D eigenvalue weighted by Crippen LogP contribution is 2.44. The van der Waals surface area contributed by atoms with E-state index in [1.54, 1.807) is 12.1 Å². The van der Waals surface area contributed by atoms with Crippen LogP contribution in [0.4, 0.5) is 4.39 Å². The Morgan fingerprint density at radius 3 is 2.46 bits per heavy atom. The molecule has 2 aromatic rings. The molecule has 1 aliphatic carbocycles. The standard InChI is InChI=1S/C23H27FN2O2/c24-21-7-5-20(6-8-21)23(9-2-10-23)22(27)25-16-18-3-1-4-19(15-18)17-26-11-13-28-14-12-26/h1,3-8,15H,2,9-14,16-17H2,(H,25,27). The van der Waals surface area contributed by atoms with E-state index in [1.165, 1.54) is 17.7 Å². The number of hydrogen-bond donors (Lipinski definition) is 1. The number of hydrogen-bond acceptors (Lipinski definition) is 3. The molecule has 0 aromatic heterocycles. The third-order valence-electron chi connectivity index (χ3n) is 5.99. The maximum absolute atomic E-state index is 13.3. The number of carbonyl (C=O) groups excluding carboxylic acids is 1. The van der Waals surface area contributed by atoms with E-state index in [4.69, 9.17) is 4.74 Å². The summed E-state index contributed by atoms with van der Waals surface area (Å²) < 4.78 is 18.7. The second-order valence-electron chi connectivity index (χ2n) is 7.83. The van der Waals surface area contributed by atoms with Crippen LogP contribution < -0.4 is 5.32 Å². The lowest BCUT2D eigenvalue weighted by Crippen LogP contribution is -2.49. The highest BCUT2D eigenvalue weighted by atomic mass is 19.1. The molecule has 2 aliphatic rings. The summed E-state index contributed by atoms with van der Waals surface area (Å²) in [6.07, 6.45) is 2.67. The zero-order valence-corrected chi connectivity index (χ0v) is 16.1. The Morgan fingerprint density at radius 2 is 1.79 bits per heavy atom. The molecule has 0 bridgehead atoms. The molecule has 1 saturated heterocycles. The van der Waals surface area contributed by atoms with E-state index in [0.29, 0.717) is 6.54 Å². The molecule has 148 valence electrons. The molecule has 0 radical (unpaired) electrons. The topological polar surface area (TPSA) is 41.6 Å². The SMILES string of the molecule is O=C(NCc1cccc(CN2CCOCC2)c1)C1(c2ccc(F)cc2)CCC1. The second-order valence-corrected chi connectivity index (χ2v) is 7.83. The summed E-state index contributed by atoms with van der Waals surface area (Å²) >= 11 is 0. The van der Waals surface area contributed by atoms with Gasteiger partial charge < -0.3 is 10.1 Å². The van der Waals surface area contributed by atoms with Crippen molar-refractivity contribution in [2.45, 2.75) is 37.8 Å². The van der Waals surface area contributed by atoms with E-state index in [9.17, 15) is 9.18 Å². The van der Waals surface area contributed by atoms with Crippen LogP contribution in [0.5, 0.6) is 0 Å². The summed E-state index contributed by atoms with van der Waals surface area (Å²) in [4.78, 5) is 15.4. The fraction of sp³-hybridized carbons (Fsp3) is 0.435. The van der Waals surface area contributed by atoms with Crippen molar-refractivity contribution >= 4 is 5.91 Å².